The summed E-state index contributed by atoms with van der Waals surface area (Å²) in [5.74, 6) is 0.884. The van der Waals surface area contributed by atoms with Gasteiger partial charge >= 0.3 is 0 Å². The van der Waals surface area contributed by atoms with Gasteiger partial charge in [0.25, 0.3) is 5.91 Å². The molecule has 3 fully saturated rings. The number of benzene rings is 1. The third-order valence-electron chi connectivity index (χ3n) is 4.94. The van der Waals surface area contributed by atoms with Crippen LogP contribution in [0.15, 0.2) is 47.3 Å². The number of nitrogens with zero attached hydrogens (tertiary/aromatic N) is 3. The second-order valence-electron chi connectivity index (χ2n) is 6.60. The Labute approximate surface area is 135 Å². The minimum Gasteiger partial charge on any atom is -0.438 e. The molecule has 0 unspecified atom stereocenters. The van der Waals surface area contributed by atoms with Crippen LogP contribution in [0.5, 0.6) is 0 Å². The van der Waals surface area contributed by atoms with E-state index in [-0.39, 0.29) is 11.9 Å². The molecular formula is C18H21N3O2. The molecule has 120 valence electrons. The Morgan fingerprint density at radius 1 is 1.17 bits per heavy atom. The minimum atomic E-state index is -0.0150. The molecule has 0 aliphatic carbocycles. The molecule has 5 heteroatoms. The van der Waals surface area contributed by atoms with Gasteiger partial charge in [0.15, 0.2) is 6.39 Å². The van der Waals surface area contributed by atoms with Gasteiger partial charge in [-0.2, -0.15) is 0 Å². The topological polar surface area (TPSA) is 49.6 Å². The number of hydrogen-bond donors (Lipinski definition) is 0. The van der Waals surface area contributed by atoms with Crippen molar-refractivity contribution in [1.82, 2.24) is 14.8 Å². The molecule has 5 nitrogen and oxygen atoms in total. The molecule has 5 rings (SSSR count). The van der Waals surface area contributed by atoms with Crippen LogP contribution in [-0.2, 0) is 6.54 Å². The molecular weight excluding hydrogens is 290 g/mol. The fourth-order valence-electron chi connectivity index (χ4n) is 3.86. The summed E-state index contributed by atoms with van der Waals surface area (Å²) in [4.78, 5) is 21.0. The maximum atomic E-state index is 12.6. The molecule has 1 aromatic heterocycles. The first kappa shape index (κ1) is 14.5. The molecule has 1 aromatic carbocycles. The van der Waals surface area contributed by atoms with E-state index < -0.39 is 0 Å². The standard InChI is InChI=1S/C18H21N3O2/c22-18(17-8-19-13-23-17)21-11-15-6-7-16(21)12-20(10-15)9-14-4-2-1-3-5-14/h1-5,8,13,15-16H,6-7,9-12H2/t15-,16+/m0/s1. The van der Waals surface area contributed by atoms with Crippen molar-refractivity contribution in [2.75, 3.05) is 19.6 Å². The number of piperidine rings is 1. The highest BCUT2D eigenvalue weighted by molar-refractivity contribution is 5.91. The van der Waals surface area contributed by atoms with E-state index in [0.717, 1.165) is 32.6 Å². The zero-order valence-corrected chi connectivity index (χ0v) is 13.1. The summed E-state index contributed by atoms with van der Waals surface area (Å²) in [6.07, 6.45) is 5.12. The van der Waals surface area contributed by atoms with Crippen molar-refractivity contribution in [3.05, 3.63) is 54.2 Å². The number of fused-ring (bicyclic) bond motifs is 4. The average Bonchev–Trinajstić information content (AvgIpc) is 2.98. The zero-order valence-electron chi connectivity index (χ0n) is 13.1. The van der Waals surface area contributed by atoms with Crippen molar-refractivity contribution in [3.8, 4) is 0 Å². The summed E-state index contributed by atoms with van der Waals surface area (Å²) in [7, 11) is 0. The lowest BCUT2D eigenvalue weighted by molar-refractivity contribution is 0.0552. The highest BCUT2D eigenvalue weighted by Gasteiger charge is 2.38. The number of rotatable bonds is 3. The third-order valence-corrected chi connectivity index (χ3v) is 4.94. The smallest absolute Gasteiger partial charge is 0.291 e. The first-order chi connectivity index (χ1) is 11.3. The van der Waals surface area contributed by atoms with Crippen LogP contribution in [0, 0.1) is 5.92 Å². The lowest BCUT2D eigenvalue weighted by Gasteiger charge is -2.35. The van der Waals surface area contributed by atoms with Crippen LogP contribution in [0.4, 0.5) is 0 Å². The van der Waals surface area contributed by atoms with E-state index in [0.29, 0.717) is 11.7 Å². The monoisotopic (exact) mass is 311 g/mol. The Hall–Kier alpha value is -2.14. The van der Waals surface area contributed by atoms with Crippen LogP contribution in [-0.4, -0.2) is 46.4 Å². The summed E-state index contributed by atoms with van der Waals surface area (Å²) in [5.41, 5.74) is 1.34. The first-order valence-electron chi connectivity index (χ1n) is 8.25. The lowest BCUT2D eigenvalue weighted by atomic mass is 9.95. The molecule has 1 amide bonds. The van der Waals surface area contributed by atoms with Gasteiger partial charge in [-0.25, -0.2) is 4.98 Å². The second kappa shape index (κ2) is 6.16. The van der Waals surface area contributed by atoms with Crippen molar-refractivity contribution in [1.29, 1.82) is 0 Å². The molecule has 0 saturated carbocycles. The fourth-order valence-corrected chi connectivity index (χ4v) is 3.86. The maximum absolute atomic E-state index is 12.6. The van der Waals surface area contributed by atoms with E-state index in [1.54, 1.807) is 0 Å². The van der Waals surface area contributed by atoms with Crippen molar-refractivity contribution >= 4 is 5.91 Å². The molecule has 0 radical (unpaired) electrons. The van der Waals surface area contributed by atoms with E-state index >= 15 is 0 Å². The fraction of sp³-hybridized carbons (Fsp3) is 0.444. The zero-order chi connectivity index (χ0) is 15.6. The van der Waals surface area contributed by atoms with Crippen LogP contribution in [0.1, 0.15) is 29.0 Å². The van der Waals surface area contributed by atoms with Crippen LogP contribution < -0.4 is 0 Å². The van der Waals surface area contributed by atoms with Gasteiger partial charge in [0.2, 0.25) is 5.76 Å². The maximum Gasteiger partial charge on any atom is 0.291 e. The minimum absolute atomic E-state index is 0.0150. The van der Waals surface area contributed by atoms with Crippen molar-refractivity contribution in [3.63, 3.8) is 0 Å². The quantitative estimate of drug-likeness (QED) is 0.873. The summed E-state index contributed by atoms with van der Waals surface area (Å²) >= 11 is 0. The number of carbonyl (C=O) groups excluding carboxylic acids is 1. The normalized spacial score (nSPS) is 24.6. The lowest BCUT2D eigenvalue weighted by Crippen LogP contribution is -2.47. The van der Waals surface area contributed by atoms with Crippen LogP contribution in [0.2, 0.25) is 0 Å². The Morgan fingerprint density at radius 3 is 2.83 bits per heavy atom. The molecule has 2 bridgehead atoms. The summed E-state index contributed by atoms with van der Waals surface area (Å²) in [6, 6.07) is 10.8. The van der Waals surface area contributed by atoms with Crippen LogP contribution >= 0.6 is 0 Å². The summed E-state index contributed by atoms with van der Waals surface area (Å²) < 4.78 is 5.20. The Balaban J connectivity index is 1.49. The summed E-state index contributed by atoms with van der Waals surface area (Å²) in [5, 5.41) is 0. The molecule has 3 aliphatic rings. The predicted molar refractivity (Wildman–Crippen MR) is 85.8 cm³/mol. The van der Waals surface area contributed by atoms with E-state index in [1.165, 1.54) is 24.6 Å². The molecule has 4 heterocycles. The molecule has 2 atom stereocenters. The van der Waals surface area contributed by atoms with E-state index in [9.17, 15) is 4.79 Å². The van der Waals surface area contributed by atoms with Crippen molar-refractivity contribution < 1.29 is 9.21 Å². The van der Waals surface area contributed by atoms with Crippen molar-refractivity contribution in [2.24, 2.45) is 5.92 Å². The second-order valence-corrected chi connectivity index (χ2v) is 6.60. The molecule has 0 spiro atoms. The van der Waals surface area contributed by atoms with E-state index in [1.807, 2.05) is 11.0 Å². The molecule has 3 aliphatic heterocycles. The Bertz CT molecular complexity index is 656. The molecule has 0 N–H and O–H groups in total. The number of carbonyl (C=O) groups is 1. The van der Waals surface area contributed by atoms with Gasteiger partial charge in [0.1, 0.15) is 0 Å². The largest absolute Gasteiger partial charge is 0.438 e. The highest BCUT2D eigenvalue weighted by atomic mass is 16.3. The Morgan fingerprint density at radius 2 is 2.04 bits per heavy atom. The van der Waals surface area contributed by atoms with Gasteiger partial charge in [-0.1, -0.05) is 30.3 Å². The third kappa shape index (κ3) is 3.01. The highest BCUT2D eigenvalue weighted by Crippen LogP contribution is 2.29. The molecule has 23 heavy (non-hydrogen) atoms. The first-order valence-corrected chi connectivity index (χ1v) is 8.25. The summed E-state index contributed by atoms with van der Waals surface area (Å²) in [6.45, 7) is 3.78. The van der Waals surface area contributed by atoms with Gasteiger partial charge in [0, 0.05) is 32.2 Å². The number of hydrogen-bond acceptors (Lipinski definition) is 4. The predicted octanol–water partition coefficient (Wildman–Crippen LogP) is 2.41. The molecule has 3 saturated heterocycles. The van der Waals surface area contributed by atoms with Gasteiger partial charge in [-0.3, -0.25) is 9.69 Å². The van der Waals surface area contributed by atoms with Gasteiger partial charge in [-0.05, 0) is 24.3 Å². The van der Waals surface area contributed by atoms with Crippen LogP contribution in [0.3, 0.4) is 0 Å². The average molecular weight is 311 g/mol. The Kier molecular flexibility index (Phi) is 3.87. The van der Waals surface area contributed by atoms with E-state index in [4.69, 9.17) is 4.42 Å². The van der Waals surface area contributed by atoms with Crippen molar-refractivity contribution in [2.45, 2.75) is 25.4 Å². The van der Waals surface area contributed by atoms with E-state index in [2.05, 4.69) is 34.1 Å². The van der Waals surface area contributed by atoms with Gasteiger partial charge in [0.05, 0.1) is 6.20 Å². The van der Waals surface area contributed by atoms with Crippen LogP contribution in [0.25, 0.3) is 0 Å². The number of amides is 1. The van der Waals surface area contributed by atoms with Gasteiger partial charge < -0.3 is 9.32 Å². The SMILES string of the molecule is O=C(c1cnco1)N1C[C@H]2CC[C@@H]1CN(Cc1ccccc1)C2. The molecule has 2 aromatic rings. The number of aromatic nitrogens is 1. The van der Waals surface area contributed by atoms with Gasteiger partial charge in [-0.15, -0.1) is 0 Å². The number of oxazole rings is 1.